The van der Waals surface area contributed by atoms with Crippen LogP contribution in [0.1, 0.15) is 0 Å². The lowest BCUT2D eigenvalue weighted by Crippen LogP contribution is -2.49. The Hall–Kier alpha value is -0.983. The molecule has 0 saturated heterocycles. The van der Waals surface area contributed by atoms with Gasteiger partial charge in [0, 0.05) is 0 Å². The third-order valence-electron chi connectivity index (χ3n) is 1.51. The van der Waals surface area contributed by atoms with Crippen LogP contribution in [0.15, 0.2) is 50.6 Å². The maximum absolute atomic E-state index is 5.50. The van der Waals surface area contributed by atoms with Crippen LogP contribution in [0.3, 0.4) is 0 Å². The first-order valence-electron chi connectivity index (χ1n) is 5.24. The summed E-state index contributed by atoms with van der Waals surface area (Å²) in [5, 5.41) is 0. The lowest BCUT2D eigenvalue weighted by atomic mass is 10.7. The molecule has 0 amide bonds. The van der Waals surface area contributed by atoms with Gasteiger partial charge in [-0.15, -0.1) is 26.3 Å². The van der Waals surface area contributed by atoms with Gasteiger partial charge in [0.1, 0.15) is 0 Å². The van der Waals surface area contributed by atoms with Crippen molar-refractivity contribution in [1.29, 1.82) is 0 Å². The molecule has 4 nitrogen and oxygen atoms in total. The lowest BCUT2D eigenvalue weighted by Gasteiger charge is -2.26. The Kier molecular flexibility index (Phi) is 9.60. The molecule has 5 heteroatoms. The highest BCUT2D eigenvalue weighted by atomic mass is 28.4. The van der Waals surface area contributed by atoms with E-state index in [1.54, 1.807) is 24.3 Å². The van der Waals surface area contributed by atoms with Crippen molar-refractivity contribution in [1.82, 2.24) is 0 Å². The Bertz CT molecular complexity index is 199. The zero-order valence-electron chi connectivity index (χ0n) is 10.1. The first kappa shape index (κ1) is 16.0. The Balaban J connectivity index is 4.59. The summed E-state index contributed by atoms with van der Waals surface area (Å²) < 4.78 is 22.0. The van der Waals surface area contributed by atoms with Crippen LogP contribution in [-0.2, 0) is 17.7 Å². The fourth-order valence-corrected chi connectivity index (χ4v) is 2.68. The van der Waals surface area contributed by atoms with Crippen molar-refractivity contribution in [2.75, 3.05) is 26.4 Å². The summed E-state index contributed by atoms with van der Waals surface area (Å²) in [5.74, 6) is 0. The van der Waals surface area contributed by atoms with Crippen LogP contribution in [0, 0.1) is 0 Å². The monoisotopic (exact) mass is 256 g/mol. The predicted octanol–water partition coefficient (Wildman–Crippen LogP) is 2.23. The fourth-order valence-electron chi connectivity index (χ4n) is 0.894. The second-order valence-corrected chi connectivity index (χ2v) is 5.05. The summed E-state index contributed by atoms with van der Waals surface area (Å²) in [5.41, 5.74) is 0. The van der Waals surface area contributed by atoms with Gasteiger partial charge in [0.2, 0.25) is 0 Å². The van der Waals surface area contributed by atoms with Crippen LogP contribution >= 0.6 is 0 Å². The van der Waals surface area contributed by atoms with Gasteiger partial charge < -0.3 is 17.7 Å². The van der Waals surface area contributed by atoms with Gasteiger partial charge >= 0.3 is 9.05 Å². The molecule has 0 bridgehead atoms. The highest BCUT2D eigenvalue weighted by Crippen LogP contribution is 2.12. The molecule has 0 unspecified atom stereocenters. The topological polar surface area (TPSA) is 36.9 Å². The van der Waals surface area contributed by atoms with Crippen molar-refractivity contribution in [3.8, 4) is 0 Å². The van der Waals surface area contributed by atoms with Crippen molar-refractivity contribution in [2.24, 2.45) is 0 Å². The molecule has 0 fully saturated rings. The van der Waals surface area contributed by atoms with Crippen LogP contribution in [0.25, 0.3) is 0 Å². The molecule has 0 heterocycles. The van der Waals surface area contributed by atoms with Crippen LogP contribution in [0.4, 0.5) is 0 Å². The smallest absolute Gasteiger partial charge is 0.347 e. The zero-order valence-corrected chi connectivity index (χ0v) is 11.1. The summed E-state index contributed by atoms with van der Waals surface area (Å²) in [6.45, 7) is 15.5. The molecule has 0 radical (unpaired) electrons. The molecule has 0 aromatic carbocycles. The largest absolute Gasteiger partial charge is 0.680 e. The van der Waals surface area contributed by atoms with Crippen molar-refractivity contribution in [2.45, 2.75) is 0 Å². The highest BCUT2D eigenvalue weighted by Gasteiger charge is 2.45. The molecule has 0 aliphatic carbocycles. The Morgan fingerprint density at radius 3 is 1.00 bits per heavy atom. The number of rotatable bonds is 12. The molecule has 96 valence electrons. The van der Waals surface area contributed by atoms with E-state index in [1.807, 2.05) is 0 Å². The van der Waals surface area contributed by atoms with E-state index in [1.165, 1.54) is 0 Å². The molecular formula is C12H20O4Si. The van der Waals surface area contributed by atoms with Gasteiger partial charge in [0.05, 0.1) is 26.4 Å². The highest BCUT2D eigenvalue weighted by molar-refractivity contribution is 6.53. The van der Waals surface area contributed by atoms with E-state index in [4.69, 9.17) is 17.7 Å². The lowest BCUT2D eigenvalue weighted by molar-refractivity contribution is -0.0117. The van der Waals surface area contributed by atoms with E-state index in [2.05, 4.69) is 26.3 Å². The van der Waals surface area contributed by atoms with Crippen LogP contribution in [0.2, 0.25) is 0 Å². The van der Waals surface area contributed by atoms with E-state index in [-0.39, 0.29) is 26.4 Å². The number of hydrogen-bond donors (Lipinski definition) is 0. The zero-order chi connectivity index (χ0) is 13.0. The normalized spacial score (nSPS) is 10.8. The molecular weight excluding hydrogens is 236 g/mol. The molecule has 0 aliphatic rings. The van der Waals surface area contributed by atoms with Gasteiger partial charge in [-0.05, 0) is 0 Å². The Labute approximate surface area is 104 Å². The van der Waals surface area contributed by atoms with E-state index >= 15 is 0 Å². The maximum Gasteiger partial charge on any atom is 0.680 e. The first-order chi connectivity index (χ1) is 8.24. The van der Waals surface area contributed by atoms with Gasteiger partial charge in [-0.2, -0.15) is 0 Å². The fraction of sp³-hybridized carbons (Fsp3) is 0.333. The van der Waals surface area contributed by atoms with Gasteiger partial charge in [-0.25, -0.2) is 0 Å². The molecule has 0 aliphatic heterocycles. The third kappa shape index (κ3) is 7.04. The minimum Gasteiger partial charge on any atom is -0.347 e. The summed E-state index contributed by atoms with van der Waals surface area (Å²) >= 11 is 0. The van der Waals surface area contributed by atoms with E-state index < -0.39 is 9.05 Å². The average molecular weight is 256 g/mol. The van der Waals surface area contributed by atoms with Crippen LogP contribution < -0.4 is 0 Å². The van der Waals surface area contributed by atoms with Gasteiger partial charge in [-0.3, -0.25) is 0 Å². The molecule has 0 N–H and O–H groups in total. The van der Waals surface area contributed by atoms with Crippen LogP contribution in [0.5, 0.6) is 0 Å². The minimum absolute atomic E-state index is 0.289. The van der Waals surface area contributed by atoms with E-state index in [9.17, 15) is 0 Å². The SMILES string of the molecule is C=CCO[Si](OCC=C)(OCC=C)OCC=C. The minimum atomic E-state index is -3.16. The molecule has 0 atom stereocenters. The molecule has 0 saturated carbocycles. The second kappa shape index (κ2) is 10.2. The van der Waals surface area contributed by atoms with Gasteiger partial charge in [0.25, 0.3) is 0 Å². The second-order valence-electron chi connectivity index (χ2n) is 2.90. The van der Waals surface area contributed by atoms with E-state index in [0.717, 1.165) is 0 Å². The number of hydrogen-bond acceptors (Lipinski definition) is 4. The maximum atomic E-state index is 5.50. The molecule has 0 aromatic rings. The summed E-state index contributed by atoms with van der Waals surface area (Å²) in [7, 11) is -3.16. The van der Waals surface area contributed by atoms with Crippen molar-refractivity contribution in [3.63, 3.8) is 0 Å². The molecule has 0 spiro atoms. The molecule has 0 rings (SSSR count). The molecule has 17 heavy (non-hydrogen) atoms. The van der Waals surface area contributed by atoms with Crippen LogP contribution in [-0.4, -0.2) is 35.5 Å². The quantitative estimate of drug-likeness (QED) is 0.396. The average Bonchev–Trinajstić information content (AvgIpc) is 2.37. The summed E-state index contributed by atoms with van der Waals surface area (Å²) in [6.07, 6.45) is 6.42. The third-order valence-corrected chi connectivity index (χ3v) is 3.59. The predicted molar refractivity (Wildman–Crippen MR) is 70.4 cm³/mol. The van der Waals surface area contributed by atoms with Crippen molar-refractivity contribution < 1.29 is 17.7 Å². The van der Waals surface area contributed by atoms with Crippen molar-refractivity contribution >= 4 is 9.05 Å². The first-order valence-corrected chi connectivity index (χ1v) is 6.87. The van der Waals surface area contributed by atoms with Gasteiger partial charge in [-0.1, -0.05) is 24.3 Å². The van der Waals surface area contributed by atoms with Gasteiger partial charge in [0.15, 0.2) is 0 Å². The molecule has 0 aromatic heterocycles. The summed E-state index contributed by atoms with van der Waals surface area (Å²) in [4.78, 5) is 0. The van der Waals surface area contributed by atoms with Crippen molar-refractivity contribution in [3.05, 3.63) is 50.6 Å². The Morgan fingerprint density at radius 1 is 0.588 bits per heavy atom. The summed E-state index contributed by atoms with van der Waals surface area (Å²) in [6, 6.07) is 0. The standard InChI is InChI=1S/C12H20O4Si/c1-5-9-13-17(14-10-6-2,15-11-7-3)16-12-8-4/h5-8H,1-4,9-12H2. The Morgan fingerprint density at radius 2 is 0.824 bits per heavy atom. The van der Waals surface area contributed by atoms with E-state index in [0.29, 0.717) is 0 Å².